The number of amides is 1. The Labute approximate surface area is 155 Å². The molecule has 140 valence electrons. The molecule has 6 heteroatoms. The second-order valence-electron chi connectivity index (χ2n) is 7.41. The summed E-state index contributed by atoms with van der Waals surface area (Å²) in [5.41, 5.74) is 1.87. The molecule has 0 N–H and O–H groups in total. The molecule has 6 nitrogen and oxygen atoms in total. The van der Waals surface area contributed by atoms with Gasteiger partial charge >= 0.3 is 0 Å². The van der Waals surface area contributed by atoms with Crippen LogP contribution in [0.2, 0.25) is 0 Å². The zero-order valence-corrected chi connectivity index (χ0v) is 15.4. The summed E-state index contributed by atoms with van der Waals surface area (Å²) in [6.07, 6.45) is 11.7. The summed E-state index contributed by atoms with van der Waals surface area (Å²) in [6, 6.07) is 1.92. The number of rotatable bonds is 3. The largest absolute Gasteiger partial charge is 0.368 e. The van der Waals surface area contributed by atoms with Gasteiger partial charge in [0.15, 0.2) is 0 Å². The summed E-state index contributed by atoms with van der Waals surface area (Å²) in [5, 5.41) is 0. The van der Waals surface area contributed by atoms with Crippen LogP contribution >= 0.6 is 0 Å². The van der Waals surface area contributed by atoms with Gasteiger partial charge in [-0.15, -0.1) is 0 Å². The molecule has 3 aliphatic rings. The van der Waals surface area contributed by atoms with Crippen LogP contribution in [0.5, 0.6) is 0 Å². The zero-order valence-electron chi connectivity index (χ0n) is 15.4. The van der Waals surface area contributed by atoms with Gasteiger partial charge in [0.05, 0.1) is 18.8 Å². The smallest absolute Gasteiger partial charge is 0.249 e. The van der Waals surface area contributed by atoms with Crippen molar-refractivity contribution in [2.75, 3.05) is 37.7 Å². The molecular weight excluding hydrogens is 328 g/mol. The van der Waals surface area contributed by atoms with Crippen molar-refractivity contribution in [3.63, 3.8) is 0 Å². The molecule has 0 saturated carbocycles. The molecule has 1 aromatic heterocycles. The van der Waals surface area contributed by atoms with Crippen molar-refractivity contribution < 1.29 is 9.53 Å². The Morgan fingerprint density at radius 3 is 2.88 bits per heavy atom. The summed E-state index contributed by atoms with van der Waals surface area (Å²) < 4.78 is 5.95. The summed E-state index contributed by atoms with van der Waals surface area (Å²) in [5.74, 6) is 0.979. The van der Waals surface area contributed by atoms with Gasteiger partial charge in [0, 0.05) is 31.4 Å². The van der Waals surface area contributed by atoms with E-state index in [4.69, 9.17) is 9.72 Å². The number of carbonyl (C=O) groups is 1. The van der Waals surface area contributed by atoms with E-state index in [0.717, 1.165) is 49.6 Å². The van der Waals surface area contributed by atoms with Gasteiger partial charge in [-0.2, -0.15) is 0 Å². The average molecular weight is 356 g/mol. The topological polar surface area (TPSA) is 58.6 Å². The highest BCUT2D eigenvalue weighted by Gasteiger charge is 2.28. The van der Waals surface area contributed by atoms with Crippen LogP contribution in [-0.4, -0.2) is 53.6 Å². The Morgan fingerprint density at radius 1 is 1.12 bits per heavy atom. The number of hydrogen-bond donors (Lipinski definition) is 0. The molecule has 1 aromatic rings. The predicted molar refractivity (Wildman–Crippen MR) is 99.9 cm³/mol. The Hall–Kier alpha value is -1.95. The number of hydrogen-bond acceptors (Lipinski definition) is 5. The number of anilines is 1. The van der Waals surface area contributed by atoms with Crippen molar-refractivity contribution >= 4 is 11.9 Å². The summed E-state index contributed by atoms with van der Waals surface area (Å²) >= 11 is 0. The molecule has 1 aliphatic carbocycles. The van der Waals surface area contributed by atoms with Crippen molar-refractivity contribution in [2.24, 2.45) is 0 Å². The van der Waals surface area contributed by atoms with E-state index in [1.54, 1.807) is 0 Å². The molecular formula is C20H28N4O2. The molecule has 0 aromatic carbocycles. The van der Waals surface area contributed by atoms with E-state index in [-0.39, 0.29) is 12.0 Å². The highest BCUT2D eigenvalue weighted by molar-refractivity contribution is 5.93. The third kappa shape index (κ3) is 3.90. The lowest BCUT2D eigenvalue weighted by molar-refractivity contribution is -0.135. The maximum absolute atomic E-state index is 12.9. The van der Waals surface area contributed by atoms with E-state index < -0.39 is 0 Å². The Bertz CT molecular complexity index is 670. The number of morpholine rings is 1. The lowest BCUT2D eigenvalue weighted by atomic mass is 10.1. The van der Waals surface area contributed by atoms with E-state index in [0.29, 0.717) is 19.7 Å². The Kier molecular flexibility index (Phi) is 5.48. The molecule has 1 unspecified atom stereocenters. The van der Waals surface area contributed by atoms with Crippen molar-refractivity contribution in [1.29, 1.82) is 0 Å². The molecule has 2 aliphatic heterocycles. The van der Waals surface area contributed by atoms with E-state index >= 15 is 0 Å². The van der Waals surface area contributed by atoms with Crippen LogP contribution in [0.25, 0.3) is 0 Å². The molecule has 0 bridgehead atoms. The fourth-order valence-electron chi connectivity index (χ4n) is 4.04. The minimum atomic E-state index is -0.163. The van der Waals surface area contributed by atoms with Gasteiger partial charge in [0.2, 0.25) is 11.9 Å². The van der Waals surface area contributed by atoms with Crippen LogP contribution in [0.1, 0.15) is 56.7 Å². The van der Waals surface area contributed by atoms with E-state index in [9.17, 15) is 4.79 Å². The molecule has 2 fully saturated rings. The fraction of sp³-hybridized carbons (Fsp3) is 0.650. The number of carbonyl (C=O) groups excluding carboxylic acids is 1. The molecule has 26 heavy (non-hydrogen) atoms. The van der Waals surface area contributed by atoms with Crippen LogP contribution in [0.3, 0.4) is 0 Å². The zero-order chi connectivity index (χ0) is 17.8. The first-order valence-corrected chi connectivity index (χ1v) is 9.99. The normalized spacial score (nSPS) is 24.3. The minimum Gasteiger partial charge on any atom is -0.368 e. The van der Waals surface area contributed by atoms with Crippen molar-refractivity contribution in [1.82, 2.24) is 14.9 Å². The summed E-state index contributed by atoms with van der Waals surface area (Å²) in [4.78, 5) is 26.3. The van der Waals surface area contributed by atoms with Gasteiger partial charge in [-0.25, -0.2) is 9.97 Å². The van der Waals surface area contributed by atoms with Gasteiger partial charge in [0.25, 0.3) is 0 Å². The van der Waals surface area contributed by atoms with Crippen molar-refractivity contribution in [3.05, 3.63) is 29.6 Å². The average Bonchev–Trinajstić information content (AvgIpc) is 3.10. The van der Waals surface area contributed by atoms with Crippen LogP contribution in [0, 0.1) is 0 Å². The summed E-state index contributed by atoms with van der Waals surface area (Å²) in [7, 11) is 0. The molecule has 3 heterocycles. The highest BCUT2D eigenvalue weighted by Crippen LogP contribution is 2.26. The standard InChI is InChI=1S/C20H28N4O2/c25-19(16-7-3-1-2-4-8-16)24-13-14-26-18(15-24)17-9-10-21-20(22-17)23-11-5-6-12-23/h7,9-10,18H,1-6,8,11-15H2. The number of aromatic nitrogens is 2. The van der Waals surface area contributed by atoms with E-state index in [2.05, 4.69) is 16.0 Å². The quantitative estimate of drug-likeness (QED) is 0.833. The minimum absolute atomic E-state index is 0.163. The lowest BCUT2D eigenvalue weighted by Crippen LogP contribution is -2.43. The molecule has 1 amide bonds. The highest BCUT2D eigenvalue weighted by atomic mass is 16.5. The third-order valence-electron chi connectivity index (χ3n) is 5.55. The lowest BCUT2D eigenvalue weighted by Gasteiger charge is -2.33. The monoisotopic (exact) mass is 356 g/mol. The Morgan fingerprint density at radius 2 is 2.00 bits per heavy atom. The van der Waals surface area contributed by atoms with Gasteiger partial charge < -0.3 is 14.5 Å². The first-order valence-electron chi connectivity index (χ1n) is 9.99. The van der Waals surface area contributed by atoms with Crippen LogP contribution in [-0.2, 0) is 9.53 Å². The van der Waals surface area contributed by atoms with Crippen LogP contribution in [0.4, 0.5) is 5.95 Å². The van der Waals surface area contributed by atoms with Crippen LogP contribution in [0.15, 0.2) is 23.9 Å². The second kappa shape index (κ2) is 8.16. The van der Waals surface area contributed by atoms with Crippen molar-refractivity contribution in [2.45, 2.75) is 51.0 Å². The molecule has 1 atom stereocenters. The first-order chi connectivity index (χ1) is 12.8. The van der Waals surface area contributed by atoms with E-state index in [1.807, 2.05) is 17.2 Å². The third-order valence-corrected chi connectivity index (χ3v) is 5.55. The maximum Gasteiger partial charge on any atom is 0.249 e. The number of nitrogens with zero attached hydrogens (tertiary/aromatic N) is 4. The van der Waals surface area contributed by atoms with Gasteiger partial charge in [-0.05, 0) is 44.6 Å². The molecule has 2 saturated heterocycles. The number of ether oxygens (including phenoxy) is 1. The molecule has 0 radical (unpaired) electrons. The molecule has 0 spiro atoms. The SMILES string of the molecule is O=C(C1=CCCCCC1)N1CCOC(c2ccnc(N3CCCC3)n2)C1. The van der Waals surface area contributed by atoms with Gasteiger partial charge in [-0.1, -0.05) is 12.5 Å². The van der Waals surface area contributed by atoms with Crippen molar-refractivity contribution in [3.8, 4) is 0 Å². The summed E-state index contributed by atoms with van der Waals surface area (Å²) in [6.45, 7) is 3.84. The van der Waals surface area contributed by atoms with Crippen LogP contribution < -0.4 is 4.90 Å². The molecule has 4 rings (SSSR count). The van der Waals surface area contributed by atoms with Gasteiger partial charge in [-0.3, -0.25) is 4.79 Å². The fourth-order valence-corrected chi connectivity index (χ4v) is 4.04. The maximum atomic E-state index is 12.9. The Balaban J connectivity index is 1.45. The second-order valence-corrected chi connectivity index (χ2v) is 7.41. The number of allylic oxidation sites excluding steroid dienone is 1. The first kappa shape index (κ1) is 17.5. The predicted octanol–water partition coefficient (Wildman–Crippen LogP) is 2.87. The van der Waals surface area contributed by atoms with Gasteiger partial charge in [0.1, 0.15) is 6.10 Å². The van der Waals surface area contributed by atoms with E-state index in [1.165, 1.54) is 25.7 Å².